The minimum atomic E-state index is -1.02. The molecule has 0 atom stereocenters. The molecule has 0 N–H and O–H groups in total. The summed E-state index contributed by atoms with van der Waals surface area (Å²) < 4.78 is 25.2. The van der Waals surface area contributed by atoms with E-state index in [-0.39, 0.29) is 17.9 Å². The Labute approximate surface area is 155 Å². The number of nitrogens with zero attached hydrogens (tertiary/aromatic N) is 3. The number of para-hydroxylation sites is 1. The van der Waals surface area contributed by atoms with Gasteiger partial charge in [0, 0.05) is 11.8 Å². The number of fused-ring (bicyclic) bond motifs is 1. The van der Waals surface area contributed by atoms with Crippen LogP contribution in [0.3, 0.4) is 0 Å². The SMILES string of the molecule is C\C=C(/C=C\C(F)=C\F)N=C1C(=O)N(Cc2ccccn2)c2ccccc21. The van der Waals surface area contributed by atoms with Crippen molar-refractivity contribution >= 4 is 17.3 Å². The summed E-state index contributed by atoms with van der Waals surface area (Å²) >= 11 is 0. The molecule has 1 aliphatic rings. The maximum Gasteiger partial charge on any atom is 0.277 e. The van der Waals surface area contributed by atoms with E-state index >= 15 is 0 Å². The summed E-state index contributed by atoms with van der Waals surface area (Å²) in [6.45, 7) is 2.02. The summed E-state index contributed by atoms with van der Waals surface area (Å²) in [6.07, 6.45) is 5.42. The zero-order chi connectivity index (χ0) is 19.2. The van der Waals surface area contributed by atoms with Crippen molar-refractivity contribution in [3.8, 4) is 0 Å². The second kappa shape index (κ2) is 8.31. The number of hydrogen-bond donors (Lipinski definition) is 0. The number of anilines is 1. The Morgan fingerprint density at radius 1 is 1.19 bits per heavy atom. The fourth-order valence-electron chi connectivity index (χ4n) is 2.71. The monoisotopic (exact) mass is 365 g/mol. The molecule has 0 saturated heterocycles. The van der Waals surface area contributed by atoms with Gasteiger partial charge in [-0.05, 0) is 37.3 Å². The van der Waals surface area contributed by atoms with E-state index in [2.05, 4.69) is 9.98 Å². The topological polar surface area (TPSA) is 45.6 Å². The molecule has 0 saturated carbocycles. The number of amides is 1. The van der Waals surface area contributed by atoms with Gasteiger partial charge in [0.2, 0.25) is 0 Å². The van der Waals surface area contributed by atoms with E-state index in [1.807, 2.05) is 42.5 Å². The maximum atomic E-state index is 13.0. The summed E-state index contributed by atoms with van der Waals surface area (Å²) in [6, 6.07) is 12.8. The smallest absolute Gasteiger partial charge is 0.277 e. The molecule has 0 spiro atoms. The van der Waals surface area contributed by atoms with Gasteiger partial charge in [0.05, 0.1) is 23.6 Å². The van der Waals surface area contributed by atoms with Crippen LogP contribution in [0.15, 0.2) is 89.7 Å². The number of carbonyl (C=O) groups excluding carboxylic acids is 1. The predicted molar refractivity (Wildman–Crippen MR) is 102 cm³/mol. The van der Waals surface area contributed by atoms with Crippen LogP contribution in [0.5, 0.6) is 0 Å². The highest BCUT2D eigenvalue weighted by molar-refractivity contribution is 6.54. The molecule has 27 heavy (non-hydrogen) atoms. The fourth-order valence-corrected chi connectivity index (χ4v) is 2.71. The lowest BCUT2D eigenvalue weighted by Crippen LogP contribution is -2.30. The average Bonchev–Trinajstić information content (AvgIpc) is 2.97. The average molecular weight is 365 g/mol. The Hall–Kier alpha value is -3.41. The molecule has 0 fully saturated rings. The molecule has 0 aliphatic carbocycles. The van der Waals surface area contributed by atoms with Crippen LogP contribution >= 0.6 is 0 Å². The number of carbonyl (C=O) groups is 1. The predicted octanol–water partition coefficient (Wildman–Crippen LogP) is 4.66. The number of aromatic nitrogens is 1. The molecule has 4 nitrogen and oxygen atoms in total. The first-order valence-corrected chi connectivity index (χ1v) is 8.34. The number of pyridine rings is 1. The zero-order valence-electron chi connectivity index (χ0n) is 14.6. The first-order valence-electron chi connectivity index (χ1n) is 8.34. The lowest BCUT2D eigenvalue weighted by atomic mass is 10.1. The van der Waals surface area contributed by atoms with Crippen LogP contribution in [0.1, 0.15) is 18.2 Å². The lowest BCUT2D eigenvalue weighted by molar-refractivity contribution is -0.112. The molecular weight excluding hydrogens is 348 g/mol. The van der Waals surface area contributed by atoms with Gasteiger partial charge in [-0.15, -0.1) is 0 Å². The number of halogens is 2. The molecule has 1 aromatic carbocycles. The number of benzene rings is 1. The van der Waals surface area contributed by atoms with Crippen molar-refractivity contribution in [3.63, 3.8) is 0 Å². The molecular formula is C21H17F2N3O. The van der Waals surface area contributed by atoms with Crippen LogP contribution in [0.25, 0.3) is 0 Å². The van der Waals surface area contributed by atoms with Gasteiger partial charge in [0.15, 0.2) is 5.83 Å². The van der Waals surface area contributed by atoms with Crippen molar-refractivity contribution in [2.24, 2.45) is 4.99 Å². The third kappa shape index (κ3) is 4.06. The standard InChI is InChI=1S/C21H17F2N3O/c1-2-16(11-10-15(23)13-22)25-20-18-8-3-4-9-19(18)26(21(20)27)14-17-7-5-6-12-24-17/h2-13H,14H2,1H3/b11-10-,15-13-,16-2+,25-20?. The van der Waals surface area contributed by atoms with E-state index in [0.29, 0.717) is 17.8 Å². The Bertz CT molecular complexity index is 962. The highest BCUT2D eigenvalue weighted by Crippen LogP contribution is 2.31. The van der Waals surface area contributed by atoms with Gasteiger partial charge in [-0.25, -0.2) is 13.8 Å². The van der Waals surface area contributed by atoms with Crippen molar-refractivity contribution in [2.75, 3.05) is 4.90 Å². The minimum absolute atomic E-state index is 0.137. The molecule has 1 amide bonds. The molecule has 0 bridgehead atoms. The van der Waals surface area contributed by atoms with Gasteiger partial charge in [0.1, 0.15) is 12.0 Å². The molecule has 136 valence electrons. The van der Waals surface area contributed by atoms with Crippen molar-refractivity contribution < 1.29 is 13.6 Å². The van der Waals surface area contributed by atoms with E-state index in [4.69, 9.17) is 0 Å². The van der Waals surface area contributed by atoms with Gasteiger partial charge >= 0.3 is 0 Å². The van der Waals surface area contributed by atoms with Gasteiger partial charge in [-0.1, -0.05) is 30.3 Å². The summed E-state index contributed by atoms with van der Waals surface area (Å²) in [5.74, 6) is -1.29. The molecule has 1 aliphatic heterocycles. The lowest BCUT2D eigenvalue weighted by Gasteiger charge is -2.16. The second-order valence-corrected chi connectivity index (χ2v) is 5.73. The second-order valence-electron chi connectivity index (χ2n) is 5.73. The van der Waals surface area contributed by atoms with Crippen LogP contribution in [-0.4, -0.2) is 16.6 Å². The quantitative estimate of drug-likeness (QED) is 0.724. The summed E-state index contributed by atoms with van der Waals surface area (Å²) in [7, 11) is 0. The van der Waals surface area contributed by atoms with Crippen molar-refractivity contribution in [3.05, 3.63) is 96.0 Å². The zero-order valence-corrected chi connectivity index (χ0v) is 14.6. The minimum Gasteiger partial charge on any atom is -0.300 e. The van der Waals surface area contributed by atoms with Gasteiger partial charge in [0.25, 0.3) is 5.91 Å². The van der Waals surface area contributed by atoms with Crippen LogP contribution in [0, 0.1) is 0 Å². The number of allylic oxidation sites excluding steroid dienone is 4. The van der Waals surface area contributed by atoms with Gasteiger partial charge in [-0.3, -0.25) is 9.78 Å². The van der Waals surface area contributed by atoms with Crippen molar-refractivity contribution in [1.82, 2.24) is 4.98 Å². The van der Waals surface area contributed by atoms with Crippen LogP contribution in [0.2, 0.25) is 0 Å². The van der Waals surface area contributed by atoms with Gasteiger partial charge in [-0.2, -0.15) is 0 Å². The normalized spacial score (nSPS) is 16.5. The van der Waals surface area contributed by atoms with Crippen molar-refractivity contribution in [1.29, 1.82) is 0 Å². The summed E-state index contributed by atoms with van der Waals surface area (Å²) in [4.78, 5) is 23.2. The van der Waals surface area contributed by atoms with E-state index in [1.54, 1.807) is 24.1 Å². The largest absolute Gasteiger partial charge is 0.300 e. The fraction of sp³-hybridized carbons (Fsp3) is 0.0952. The maximum absolute atomic E-state index is 13.0. The number of aliphatic imine (C=N–C) groups is 1. The molecule has 1 aromatic heterocycles. The van der Waals surface area contributed by atoms with E-state index in [0.717, 1.165) is 17.5 Å². The third-order valence-electron chi connectivity index (χ3n) is 4.00. The molecule has 2 heterocycles. The number of rotatable bonds is 5. The van der Waals surface area contributed by atoms with Crippen molar-refractivity contribution in [2.45, 2.75) is 13.5 Å². The highest BCUT2D eigenvalue weighted by Gasteiger charge is 2.33. The third-order valence-corrected chi connectivity index (χ3v) is 4.00. The summed E-state index contributed by atoms with van der Waals surface area (Å²) in [5.41, 5.74) is 2.78. The first-order chi connectivity index (χ1) is 13.1. The first kappa shape index (κ1) is 18.4. The van der Waals surface area contributed by atoms with E-state index < -0.39 is 5.83 Å². The Kier molecular flexibility index (Phi) is 5.66. The molecule has 3 rings (SSSR count). The van der Waals surface area contributed by atoms with Crippen LogP contribution in [-0.2, 0) is 11.3 Å². The molecule has 0 radical (unpaired) electrons. The molecule has 6 heteroatoms. The Morgan fingerprint density at radius 3 is 2.67 bits per heavy atom. The molecule has 0 unspecified atom stereocenters. The Morgan fingerprint density at radius 2 is 1.96 bits per heavy atom. The summed E-state index contributed by atoms with van der Waals surface area (Å²) in [5, 5.41) is 0. The molecule has 2 aromatic rings. The van der Waals surface area contributed by atoms with Crippen LogP contribution in [0.4, 0.5) is 14.5 Å². The van der Waals surface area contributed by atoms with E-state index in [9.17, 15) is 13.6 Å². The number of hydrogen-bond acceptors (Lipinski definition) is 3. The highest BCUT2D eigenvalue weighted by atomic mass is 19.2. The van der Waals surface area contributed by atoms with Gasteiger partial charge < -0.3 is 4.90 Å². The van der Waals surface area contributed by atoms with Crippen LogP contribution < -0.4 is 4.90 Å². The Balaban J connectivity index is 1.97. The van der Waals surface area contributed by atoms with E-state index in [1.165, 1.54) is 6.08 Å².